The molecule has 0 bridgehead atoms. The smallest absolute Gasteiger partial charge is 0.328 e. The maximum Gasteiger partial charge on any atom is 0.328 e. The minimum Gasteiger partial charge on any atom is -0.350 e. The van der Waals surface area contributed by atoms with E-state index in [1.54, 1.807) is 6.92 Å². The highest BCUT2D eigenvalue weighted by Crippen LogP contribution is 2.11. The van der Waals surface area contributed by atoms with E-state index < -0.39 is 23.2 Å². The zero-order valence-electron chi connectivity index (χ0n) is 18.4. The Morgan fingerprint density at radius 1 is 1.12 bits per heavy atom. The number of H-pyrrole nitrogens is 1. The summed E-state index contributed by atoms with van der Waals surface area (Å²) in [6.07, 6.45) is 3.12. The summed E-state index contributed by atoms with van der Waals surface area (Å²) in [7, 11) is 0. The van der Waals surface area contributed by atoms with Crippen molar-refractivity contribution in [1.29, 1.82) is 0 Å². The zero-order valence-corrected chi connectivity index (χ0v) is 18.4. The summed E-state index contributed by atoms with van der Waals surface area (Å²) in [5.74, 6) is -0.728. The van der Waals surface area contributed by atoms with Gasteiger partial charge in [-0.25, -0.2) is 4.79 Å². The van der Waals surface area contributed by atoms with Crippen LogP contribution in [0.15, 0.2) is 46.1 Å². The number of aromatic nitrogens is 2. The number of nitrogens with one attached hydrogen (secondary N) is 2. The molecule has 0 aliphatic heterocycles. The molecule has 10 heteroatoms. The summed E-state index contributed by atoms with van der Waals surface area (Å²) in [5, 5.41) is 2.89. The van der Waals surface area contributed by atoms with Crippen molar-refractivity contribution in [2.75, 3.05) is 19.6 Å². The van der Waals surface area contributed by atoms with E-state index in [4.69, 9.17) is 11.5 Å². The van der Waals surface area contributed by atoms with E-state index in [2.05, 4.69) is 10.3 Å². The Bertz CT molecular complexity index is 1000. The standard InChI is InChI=1S/C22H32N6O4/c1-16-14-27(22(32)26-20(16)30)15-19(29)28(12-11-24)18(9-5-6-10-23)21(31)25-13-17-7-3-2-4-8-17/h2-4,7-8,14,18H,5-6,9-13,15,23-24H2,1H3,(H,25,31)(H,26,30,32). The molecule has 32 heavy (non-hydrogen) atoms. The third-order valence-electron chi connectivity index (χ3n) is 5.11. The Morgan fingerprint density at radius 2 is 1.84 bits per heavy atom. The summed E-state index contributed by atoms with van der Waals surface area (Å²) in [6.45, 7) is 2.36. The van der Waals surface area contributed by atoms with Crippen LogP contribution < -0.4 is 28.0 Å². The number of aromatic amines is 1. The number of carbonyl (C=O) groups is 2. The number of nitrogens with two attached hydrogens (primary N) is 2. The normalized spacial score (nSPS) is 11.7. The van der Waals surface area contributed by atoms with Gasteiger partial charge in [0.15, 0.2) is 0 Å². The van der Waals surface area contributed by atoms with Crippen LogP contribution in [0, 0.1) is 6.92 Å². The van der Waals surface area contributed by atoms with E-state index in [9.17, 15) is 19.2 Å². The summed E-state index contributed by atoms with van der Waals surface area (Å²) in [4.78, 5) is 53.5. The SMILES string of the molecule is Cc1cn(CC(=O)N(CCN)C(CCCCN)C(=O)NCc2ccccc2)c(=O)[nH]c1=O. The highest BCUT2D eigenvalue weighted by molar-refractivity contribution is 5.87. The van der Waals surface area contributed by atoms with Crippen LogP contribution in [0.25, 0.3) is 0 Å². The quantitative estimate of drug-likeness (QED) is 0.322. The second-order valence-electron chi connectivity index (χ2n) is 7.58. The van der Waals surface area contributed by atoms with Crippen molar-refractivity contribution in [3.8, 4) is 0 Å². The molecule has 0 aliphatic rings. The summed E-state index contributed by atoms with van der Waals surface area (Å²) >= 11 is 0. The molecule has 0 spiro atoms. The molecule has 0 radical (unpaired) electrons. The molecule has 10 nitrogen and oxygen atoms in total. The van der Waals surface area contributed by atoms with Gasteiger partial charge in [-0.15, -0.1) is 0 Å². The molecule has 1 atom stereocenters. The number of benzene rings is 1. The lowest BCUT2D eigenvalue weighted by atomic mass is 10.1. The first-order valence-corrected chi connectivity index (χ1v) is 10.7. The Kier molecular flexibility index (Phi) is 9.83. The fraction of sp³-hybridized carbons (Fsp3) is 0.455. The monoisotopic (exact) mass is 444 g/mol. The summed E-state index contributed by atoms with van der Waals surface area (Å²) < 4.78 is 1.13. The van der Waals surface area contributed by atoms with Gasteiger partial charge in [-0.2, -0.15) is 0 Å². The first kappa shape index (κ1) is 25.0. The molecular formula is C22H32N6O4. The van der Waals surface area contributed by atoms with Crippen LogP contribution in [-0.2, 0) is 22.7 Å². The molecule has 2 amide bonds. The van der Waals surface area contributed by atoms with Crippen LogP contribution in [0.5, 0.6) is 0 Å². The van der Waals surface area contributed by atoms with Gasteiger partial charge in [-0.1, -0.05) is 30.3 Å². The topological polar surface area (TPSA) is 156 Å². The largest absolute Gasteiger partial charge is 0.350 e. The van der Waals surface area contributed by atoms with Crippen molar-refractivity contribution in [3.05, 3.63) is 68.5 Å². The molecule has 1 unspecified atom stereocenters. The molecule has 0 saturated heterocycles. The Morgan fingerprint density at radius 3 is 2.50 bits per heavy atom. The predicted molar refractivity (Wildman–Crippen MR) is 122 cm³/mol. The number of hydrogen-bond acceptors (Lipinski definition) is 6. The van der Waals surface area contributed by atoms with Gasteiger partial charge in [0.25, 0.3) is 5.56 Å². The lowest BCUT2D eigenvalue weighted by molar-refractivity contribution is -0.141. The van der Waals surface area contributed by atoms with E-state index in [0.29, 0.717) is 37.9 Å². The highest BCUT2D eigenvalue weighted by atomic mass is 16.2. The van der Waals surface area contributed by atoms with Gasteiger partial charge >= 0.3 is 5.69 Å². The van der Waals surface area contributed by atoms with Crippen LogP contribution in [0.2, 0.25) is 0 Å². The van der Waals surface area contributed by atoms with Gasteiger partial charge < -0.3 is 21.7 Å². The fourth-order valence-electron chi connectivity index (χ4n) is 3.38. The number of amides is 2. The highest BCUT2D eigenvalue weighted by Gasteiger charge is 2.29. The van der Waals surface area contributed by atoms with Crippen molar-refractivity contribution in [1.82, 2.24) is 19.8 Å². The van der Waals surface area contributed by atoms with Crippen molar-refractivity contribution in [2.24, 2.45) is 11.5 Å². The van der Waals surface area contributed by atoms with E-state index in [0.717, 1.165) is 10.1 Å². The molecule has 2 rings (SSSR count). The zero-order chi connectivity index (χ0) is 23.5. The molecule has 1 heterocycles. The van der Waals surface area contributed by atoms with E-state index in [-0.39, 0.29) is 25.5 Å². The number of hydrogen-bond donors (Lipinski definition) is 4. The fourth-order valence-corrected chi connectivity index (χ4v) is 3.38. The van der Waals surface area contributed by atoms with E-state index in [1.807, 2.05) is 30.3 Å². The minimum atomic E-state index is -0.749. The van der Waals surface area contributed by atoms with Gasteiger partial charge in [-0.05, 0) is 38.3 Å². The first-order valence-electron chi connectivity index (χ1n) is 10.7. The van der Waals surface area contributed by atoms with Crippen LogP contribution in [0.4, 0.5) is 0 Å². The molecule has 0 aliphatic carbocycles. The van der Waals surface area contributed by atoms with Crippen molar-refractivity contribution in [3.63, 3.8) is 0 Å². The van der Waals surface area contributed by atoms with Crippen molar-refractivity contribution >= 4 is 11.8 Å². The molecule has 2 aromatic rings. The van der Waals surface area contributed by atoms with Crippen molar-refractivity contribution < 1.29 is 9.59 Å². The Balaban J connectivity index is 2.21. The maximum atomic E-state index is 13.1. The summed E-state index contributed by atoms with van der Waals surface area (Å²) in [5.41, 5.74) is 11.4. The molecule has 0 fully saturated rings. The van der Waals surface area contributed by atoms with E-state index >= 15 is 0 Å². The van der Waals surface area contributed by atoms with Gasteiger partial charge in [0.2, 0.25) is 11.8 Å². The van der Waals surface area contributed by atoms with Gasteiger partial charge in [-0.3, -0.25) is 23.9 Å². The molecular weight excluding hydrogens is 412 g/mol. The average molecular weight is 445 g/mol. The third-order valence-corrected chi connectivity index (χ3v) is 5.11. The molecule has 1 aromatic carbocycles. The molecule has 1 aromatic heterocycles. The lowest BCUT2D eigenvalue weighted by Gasteiger charge is -2.31. The second-order valence-corrected chi connectivity index (χ2v) is 7.58. The molecule has 6 N–H and O–H groups in total. The minimum absolute atomic E-state index is 0.155. The second kappa shape index (κ2) is 12.6. The summed E-state index contributed by atoms with van der Waals surface area (Å²) in [6, 6.07) is 8.71. The number of aryl methyl sites for hydroxylation is 1. The molecule has 0 saturated carbocycles. The first-order chi connectivity index (χ1) is 15.4. The third kappa shape index (κ3) is 7.17. The number of rotatable bonds is 12. The van der Waals surface area contributed by atoms with Gasteiger partial charge in [0.05, 0.1) is 0 Å². The lowest BCUT2D eigenvalue weighted by Crippen LogP contribution is -2.52. The van der Waals surface area contributed by atoms with Crippen LogP contribution in [-0.4, -0.2) is 51.9 Å². The predicted octanol–water partition coefficient (Wildman–Crippen LogP) is -0.554. The van der Waals surface area contributed by atoms with Gasteiger partial charge in [0, 0.05) is 31.4 Å². The average Bonchev–Trinajstić information content (AvgIpc) is 2.78. The molecule has 174 valence electrons. The van der Waals surface area contributed by atoms with Crippen LogP contribution >= 0.6 is 0 Å². The number of carbonyl (C=O) groups excluding carboxylic acids is 2. The Labute approximate surface area is 186 Å². The van der Waals surface area contributed by atoms with Crippen molar-refractivity contribution in [2.45, 2.75) is 45.3 Å². The van der Waals surface area contributed by atoms with Crippen LogP contribution in [0.3, 0.4) is 0 Å². The number of nitrogens with zero attached hydrogens (tertiary/aromatic N) is 2. The van der Waals surface area contributed by atoms with Crippen LogP contribution in [0.1, 0.15) is 30.4 Å². The van der Waals surface area contributed by atoms with Gasteiger partial charge in [0.1, 0.15) is 12.6 Å². The maximum absolute atomic E-state index is 13.1. The van der Waals surface area contributed by atoms with E-state index in [1.165, 1.54) is 11.1 Å². The number of unbranched alkanes of at least 4 members (excludes halogenated alkanes) is 1. The Hall–Kier alpha value is -3.24.